The molecule has 0 unspecified atom stereocenters. The Morgan fingerprint density at radius 1 is 1.54 bits per heavy atom. The second-order valence-electron chi connectivity index (χ2n) is 3.42. The maximum absolute atomic E-state index is 5.31. The van der Waals surface area contributed by atoms with Gasteiger partial charge in [-0.25, -0.2) is 0 Å². The number of hydrogen-bond donors (Lipinski definition) is 0. The summed E-state index contributed by atoms with van der Waals surface area (Å²) in [6.45, 7) is 2.89. The van der Waals surface area contributed by atoms with Crippen LogP contribution in [0.25, 0.3) is 0 Å². The monoisotopic (exact) mass is 292 g/mol. The Morgan fingerprint density at radius 2 is 2.31 bits per heavy atom. The molecule has 0 saturated carbocycles. The Morgan fingerprint density at radius 3 is 2.92 bits per heavy atom. The Bertz CT molecular complexity index is 268. The number of hydrogen-bond acceptors (Lipinski definition) is 2. The van der Waals surface area contributed by atoms with E-state index in [1.165, 1.54) is 12.8 Å². The first-order chi connectivity index (χ1) is 6.34. The highest BCUT2D eigenvalue weighted by Crippen LogP contribution is 2.16. The summed E-state index contributed by atoms with van der Waals surface area (Å²) in [5, 5.41) is 4.37. The molecule has 72 valence electrons. The van der Waals surface area contributed by atoms with E-state index in [0.29, 0.717) is 0 Å². The number of halogens is 1. The van der Waals surface area contributed by atoms with Crippen molar-refractivity contribution in [2.75, 3.05) is 13.2 Å². The molecule has 1 aliphatic rings. The standard InChI is InChI=1S/C9H13IN2O/c10-9-1-4-12(11-9)7-8-2-5-13-6-3-8/h1,4,8H,2-3,5-7H2. The highest BCUT2D eigenvalue weighted by molar-refractivity contribution is 14.1. The molecule has 4 heteroatoms. The lowest BCUT2D eigenvalue weighted by Gasteiger charge is -2.21. The summed E-state index contributed by atoms with van der Waals surface area (Å²) in [7, 11) is 0. The van der Waals surface area contributed by atoms with E-state index in [1.54, 1.807) is 0 Å². The molecule has 2 heterocycles. The third-order valence-corrected chi connectivity index (χ3v) is 2.97. The van der Waals surface area contributed by atoms with Crippen LogP contribution in [-0.4, -0.2) is 23.0 Å². The van der Waals surface area contributed by atoms with Crippen LogP contribution in [0.2, 0.25) is 0 Å². The van der Waals surface area contributed by atoms with Crippen molar-refractivity contribution in [3.05, 3.63) is 16.0 Å². The molecular weight excluding hydrogens is 279 g/mol. The van der Waals surface area contributed by atoms with Gasteiger partial charge >= 0.3 is 0 Å². The maximum atomic E-state index is 5.31. The molecule has 0 N–H and O–H groups in total. The normalized spacial score (nSPS) is 19.2. The predicted octanol–water partition coefficient (Wildman–Crippen LogP) is 1.91. The number of ether oxygens (including phenoxy) is 1. The van der Waals surface area contributed by atoms with E-state index >= 15 is 0 Å². The average molecular weight is 292 g/mol. The first-order valence-corrected chi connectivity index (χ1v) is 5.69. The number of nitrogens with zero attached hydrogens (tertiary/aromatic N) is 2. The molecule has 0 aliphatic carbocycles. The van der Waals surface area contributed by atoms with Gasteiger partial charge in [-0.3, -0.25) is 4.68 Å². The van der Waals surface area contributed by atoms with Gasteiger partial charge < -0.3 is 4.74 Å². The summed E-state index contributed by atoms with van der Waals surface area (Å²) in [5.41, 5.74) is 0. The van der Waals surface area contributed by atoms with Crippen LogP contribution < -0.4 is 0 Å². The van der Waals surface area contributed by atoms with Gasteiger partial charge in [0.2, 0.25) is 0 Å². The van der Waals surface area contributed by atoms with E-state index in [1.807, 2.05) is 10.7 Å². The van der Waals surface area contributed by atoms with Crippen LogP contribution in [0.15, 0.2) is 12.3 Å². The molecule has 1 aromatic heterocycles. The van der Waals surface area contributed by atoms with Crippen LogP contribution in [0.5, 0.6) is 0 Å². The Labute approximate surface area is 91.6 Å². The molecule has 13 heavy (non-hydrogen) atoms. The molecule has 1 fully saturated rings. The van der Waals surface area contributed by atoms with E-state index in [4.69, 9.17) is 4.74 Å². The lowest BCUT2D eigenvalue weighted by atomic mass is 10.0. The van der Waals surface area contributed by atoms with Crippen molar-refractivity contribution in [1.82, 2.24) is 9.78 Å². The zero-order valence-electron chi connectivity index (χ0n) is 7.45. The highest BCUT2D eigenvalue weighted by atomic mass is 127. The average Bonchev–Trinajstić information content (AvgIpc) is 2.53. The summed E-state index contributed by atoms with van der Waals surface area (Å²) in [4.78, 5) is 0. The second kappa shape index (κ2) is 4.41. The van der Waals surface area contributed by atoms with E-state index in [0.717, 1.165) is 29.4 Å². The van der Waals surface area contributed by atoms with Gasteiger partial charge in [0.05, 0.1) is 0 Å². The zero-order chi connectivity index (χ0) is 9.10. The molecule has 1 saturated heterocycles. The molecule has 0 spiro atoms. The summed E-state index contributed by atoms with van der Waals surface area (Å²) in [5.74, 6) is 0.754. The molecule has 3 nitrogen and oxygen atoms in total. The third kappa shape index (κ3) is 2.67. The summed E-state index contributed by atoms with van der Waals surface area (Å²) < 4.78 is 8.42. The predicted molar refractivity (Wildman–Crippen MR) is 58.5 cm³/mol. The second-order valence-corrected chi connectivity index (χ2v) is 4.52. The van der Waals surface area contributed by atoms with Crippen molar-refractivity contribution in [2.24, 2.45) is 5.92 Å². The van der Waals surface area contributed by atoms with E-state index in [9.17, 15) is 0 Å². The molecule has 2 rings (SSSR count). The molecule has 0 radical (unpaired) electrons. The molecule has 0 bridgehead atoms. The quantitative estimate of drug-likeness (QED) is 0.779. The fourth-order valence-electron chi connectivity index (χ4n) is 1.63. The lowest BCUT2D eigenvalue weighted by molar-refractivity contribution is 0.0601. The van der Waals surface area contributed by atoms with Crippen LogP contribution in [0.3, 0.4) is 0 Å². The minimum atomic E-state index is 0.754. The molecule has 1 aromatic rings. The maximum Gasteiger partial charge on any atom is 0.123 e. The fraction of sp³-hybridized carbons (Fsp3) is 0.667. The highest BCUT2D eigenvalue weighted by Gasteiger charge is 2.14. The molecule has 1 aliphatic heterocycles. The largest absolute Gasteiger partial charge is 0.381 e. The van der Waals surface area contributed by atoms with E-state index < -0.39 is 0 Å². The summed E-state index contributed by atoms with van der Waals surface area (Å²) >= 11 is 2.24. The zero-order valence-corrected chi connectivity index (χ0v) is 9.61. The van der Waals surface area contributed by atoms with Gasteiger partial charge in [-0.05, 0) is 47.4 Å². The van der Waals surface area contributed by atoms with Crippen molar-refractivity contribution in [3.63, 3.8) is 0 Å². The van der Waals surface area contributed by atoms with Crippen LogP contribution in [0.1, 0.15) is 12.8 Å². The molecular formula is C9H13IN2O. The van der Waals surface area contributed by atoms with Crippen LogP contribution in [0, 0.1) is 9.62 Å². The minimum absolute atomic E-state index is 0.754. The van der Waals surface area contributed by atoms with Gasteiger partial charge in [-0.15, -0.1) is 0 Å². The van der Waals surface area contributed by atoms with Crippen molar-refractivity contribution in [2.45, 2.75) is 19.4 Å². The van der Waals surface area contributed by atoms with Crippen LogP contribution >= 0.6 is 22.6 Å². The van der Waals surface area contributed by atoms with Crippen LogP contribution in [0.4, 0.5) is 0 Å². The first-order valence-electron chi connectivity index (χ1n) is 4.61. The molecule has 0 aromatic carbocycles. The summed E-state index contributed by atoms with van der Waals surface area (Å²) in [6.07, 6.45) is 4.41. The van der Waals surface area contributed by atoms with Gasteiger partial charge in [0, 0.05) is 26.0 Å². The smallest absolute Gasteiger partial charge is 0.123 e. The lowest BCUT2D eigenvalue weighted by Crippen LogP contribution is -2.20. The van der Waals surface area contributed by atoms with Gasteiger partial charge in [-0.2, -0.15) is 5.10 Å². The van der Waals surface area contributed by atoms with Crippen molar-refractivity contribution in [1.29, 1.82) is 0 Å². The van der Waals surface area contributed by atoms with Gasteiger partial charge in [0.25, 0.3) is 0 Å². The van der Waals surface area contributed by atoms with Crippen molar-refractivity contribution >= 4 is 22.6 Å². The third-order valence-electron chi connectivity index (χ3n) is 2.39. The first kappa shape index (κ1) is 9.45. The topological polar surface area (TPSA) is 27.1 Å². The van der Waals surface area contributed by atoms with Gasteiger partial charge in [-0.1, -0.05) is 0 Å². The summed E-state index contributed by atoms with van der Waals surface area (Å²) in [6, 6.07) is 2.04. The SMILES string of the molecule is Ic1ccn(CC2CCOCC2)n1. The molecule has 0 atom stereocenters. The van der Waals surface area contributed by atoms with Gasteiger partial charge in [0.1, 0.15) is 3.70 Å². The van der Waals surface area contributed by atoms with Crippen molar-refractivity contribution < 1.29 is 4.74 Å². The van der Waals surface area contributed by atoms with E-state index in [2.05, 4.69) is 33.9 Å². The molecule has 0 amide bonds. The Hall–Kier alpha value is -0.100. The Kier molecular flexibility index (Phi) is 3.21. The minimum Gasteiger partial charge on any atom is -0.381 e. The van der Waals surface area contributed by atoms with E-state index in [-0.39, 0.29) is 0 Å². The van der Waals surface area contributed by atoms with Gasteiger partial charge in [0.15, 0.2) is 0 Å². The fourth-order valence-corrected chi connectivity index (χ4v) is 2.07. The number of aromatic nitrogens is 2. The number of rotatable bonds is 2. The Balaban J connectivity index is 1.89. The van der Waals surface area contributed by atoms with Crippen LogP contribution in [-0.2, 0) is 11.3 Å². The van der Waals surface area contributed by atoms with Crippen molar-refractivity contribution in [3.8, 4) is 0 Å².